The van der Waals surface area contributed by atoms with Gasteiger partial charge in [0.25, 0.3) is 0 Å². The van der Waals surface area contributed by atoms with E-state index in [1.54, 1.807) is 0 Å². The van der Waals surface area contributed by atoms with Gasteiger partial charge in [0.05, 0.1) is 0 Å². The summed E-state index contributed by atoms with van der Waals surface area (Å²) >= 11 is 0. The van der Waals surface area contributed by atoms with Crippen molar-refractivity contribution in [3.05, 3.63) is 12.2 Å². The van der Waals surface area contributed by atoms with Crippen molar-refractivity contribution >= 4 is 0 Å². The van der Waals surface area contributed by atoms with Crippen LogP contribution in [0.5, 0.6) is 0 Å². The zero-order chi connectivity index (χ0) is 9.31. The van der Waals surface area contributed by atoms with E-state index in [4.69, 9.17) is 0 Å². The highest BCUT2D eigenvalue weighted by Gasteiger charge is 2.34. The van der Waals surface area contributed by atoms with Crippen LogP contribution in [0.3, 0.4) is 0 Å². The van der Waals surface area contributed by atoms with Gasteiger partial charge in [0, 0.05) is 12.0 Å². The van der Waals surface area contributed by atoms with Gasteiger partial charge in [-0.1, -0.05) is 19.8 Å². The van der Waals surface area contributed by atoms with Gasteiger partial charge in [-0.25, -0.2) is 0 Å². The van der Waals surface area contributed by atoms with Crippen LogP contribution in [0, 0.1) is 0 Å². The third-order valence-electron chi connectivity index (χ3n) is 3.20. The standard InChI is InChI=1S/C10H17N3/c1-3-13-8-11-12-9(13)10(2)6-4-5-7-10/h8H,3-7H2,1-2H3. The van der Waals surface area contributed by atoms with Crippen LogP contribution in [0.2, 0.25) is 0 Å². The second-order valence-electron chi connectivity index (χ2n) is 4.21. The smallest absolute Gasteiger partial charge is 0.138 e. The third kappa shape index (κ3) is 1.36. The largest absolute Gasteiger partial charge is 0.317 e. The van der Waals surface area contributed by atoms with Gasteiger partial charge in [-0.3, -0.25) is 0 Å². The Labute approximate surface area is 79.2 Å². The molecule has 1 aromatic rings. The Kier molecular flexibility index (Phi) is 2.10. The zero-order valence-electron chi connectivity index (χ0n) is 8.45. The van der Waals surface area contributed by atoms with Gasteiger partial charge < -0.3 is 4.57 Å². The van der Waals surface area contributed by atoms with Crippen molar-refractivity contribution in [2.75, 3.05) is 0 Å². The van der Waals surface area contributed by atoms with Crippen LogP contribution in [0.1, 0.15) is 45.4 Å². The molecule has 13 heavy (non-hydrogen) atoms. The van der Waals surface area contributed by atoms with Gasteiger partial charge in [-0.15, -0.1) is 10.2 Å². The average Bonchev–Trinajstić information content (AvgIpc) is 2.72. The lowest BCUT2D eigenvalue weighted by atomic mass is 9.88. The molecular formula is C10H17N3. The molecule has 0 aromatic carbocycles. The number of nitrogens with zero attached hydrogens (tertiary/aromatic N) is 3. The van der Waals surface area contributed by atoms with E-state index in [0.29, 0.717) is 5.41 Å². The lowest BCUT2D eigenvalue weighted by molar-refractivity contribution is 0.433. The SMILES string of the molecule is CCn1cnnc1C1(C)CCCC1. The lowest BCUT2D eigenvalue weighted by Gasteiger charge is -2.22. The van der Waals surface area contributed by atoms with Crippen molar-refractivity contribution in [3.63, 3.8) is 0 Å². The number of rotatable bonds is 2. The quantitative estimate of drug-likeness (QED) is 0.696. The predicted molar refractivity (Wildman–Crippen MR) is 51.5 cm³/mol. The molecule has 0 unspecified atom stereocenters. The summed E-state index contributed by atoms with van der Waals surface area (Å²) in [7, 11) is 0. The molecule has 0 radical (unpaired) electrons. The zero-order valence-corrected chi connectivity index (χ0v) is 8.45. The predicted octanol–water partition coefficient (Wildman–Crippen LogP) is 2.13. The van der Waals surface area contributed by atoms with Gasteiger partial charge in [0.2, 0.25) is 0 Å². The molecule has 0 bridgehead atoms. The third-order valence-corrected chi connectivity index (χ3v) is 3.20. The van der Waals surface area contributed by atoms with Crippen LogP contribution >= 0.6 is 0 Å². The Morgan fingerprint density at radius 2 is 2.15 bits per heavy atom. The molecule has 0 amide bonds. The van der Waals surface area contributed by atoms with E-state index >= 15 is 0 Å². The lowest BCUT2D eigenvalue weighted by Crippen LogP contribution is -2.22. The van der Waals surface area contributed by atoms with Crippen LogP contribution in [0.4, 0.5) is 0 Å². The molecule has 0 spiro atoms. The van der Waals surface area contributed by atoms with E-state index in [-0.39, 0.29) is 0 Å². The summed E-state index contributed by atoms with van der Waals surface area (Å²) in [6.45, 7) is 5.44. The first-order valence-corrected chi connectivity index (χ1v) is 5.14. The maximum absolute atomic E-state index is 4.25. The number of aromatic nitrogens is 3. The molecule has 0 atom stereocenters. The van der Waals surface area contributed by atoms with Crippen LogP contribution in [0.15, 0.2) is 6.33 Å². The first kappa shape index (κ1) is 8.73. The second kappa shape index (κ2) is 3.13. The highest BCUT2D eigenvalue weighted by molar-refractivity contribution is 5.08. The normalized spacial score (nSPS) is 20.8. The van der Waals surface area contributed by atoms with Gasteiger partial charge in [-0.05, 0) is 19.8 Å². The summed E-state index contributed by atoms with van der Waals surface area (Å²) in [4.78, 5) is 0. The summed E-state index contributed by atoms with van der Waals surface area (Å²) in [5.41, 5.74) is 0.298. The van der Waals surface area contributed by atoms with Crippen LogP contribution in [-0.2, 0) is 12.0 Å². The average molecular weight is 179 g/mol. The Bertz CT molecular complexity index is 284. The van der Waals surface area contributed by atoms with E-state index in [1.165, 1.54) is 31.5 Å². The molecule has 1 aromatic heterocycles. The molecule has 72 valence electrons. The first-order chi connectivity index (χ1) is 6.26. The van der Waals surface area contributed by atoms with Crippen LogP contribution < -0.4 is 0 Å². The summed E-state index contributed by atoms with van der Waals surface area (Å²) in [5.74, 6) is 1.19. The maximum atomic E-state index is 4.25. The molecule has 0 aliphatic heterocycles. The second-order valence-corrected chi connectivity index (χ2v) is 4.21. The maximum Gasteiger partial charge on any atom is 0.138 e. The van der Waals surface area contributed by atoms with E-state index in [9.17, 15) is 0 Å². The van der Waals surface area contributed by atoms with Gasteiger partial charge in [-0.2, -0.15) is 0 Å². The summed E-state index contributed by atoms with van der Waals surface area (Å²) in [5, 5.41) is 8.25. The fourth-order valence-corrected chi connectivity index (χ4v) is 2.33. The molecule has 0 saturated heterocycles. The molecule has 1 fully saturated rings. The minimum atomic E-state index is 0.298. The number of aryl methyl sites for hydroxylation is 1. The highest BCUT2D eigenvalue weighted by Crippen LogP contribution is 2.39. The molecule has 1 aliphatic rings. The van der Waals surface area contributed by atoms with Gasteiger partial charge >= 0.3 is 0 Å². The Morgan fingerprint density at radius 1 is 1.46 bits per heavy atom. The summed E-state index contributed by atoms with van der Waals surface area (Å²) < 4.78 is 2.17. The van der Waals surface area contributed by atoms with E-state index in [2.05, 4.69) is 28.6 Å². The van der Waals surface area contributed by atoms with E-state index in [0.717, 1.165) is 6.54 Å². The summed E-state index contributed by atoms with van der Waals surface area (Å²) in [6.07, 6.45) is 7.07. The Hall–Kier alpha value is -0.860. The monoisotopic (exact) mass is 179 g/mol. The van der Waals surface area contributed by atoms with Crippen molar-refractivity contribution in [1.29, 1.82) is 0 Å². The molecule has 0 N–H and O–H groups in total. The number of hydrogen-bond acceptors (Lipinski definition) is 2. The van der Waals surface area contributed by atoms with Crippen molar-refractivity contribution in [2.45, 2.75) is 51.5 Å². The van der Waals surface area contributed by atoms with Crippen LogP contribution in [0.25, 0.3) is 0 Å². The number of hydrogen-bond donors (Lipinski definition) is 0. The van der Waals surface area contributed by atoms with Crippen molar-refractivity contribution in [1.82, 2.24) is 14.8 Å². The van der Waals surface area contributed by atoms with Crippen molar-refractivity contribution < 1.29 is 0 Å². The minimum Gasteiger partial charge on any atom is -0.317 e. The highest BCUT2D eigenvalue weighted by atomic mass is 15.3. The molecular weight excluding hydrogens is 162 g/mol. The van der Waals surface area contributed by atoms with Crippen molar-refractivity contribution in [3.8, 4) is 0 Å². The first-order valence-electron chi connectivity index (χ1n) is 5.14. The molecule has 3 nitrogen and oxygen atoms in total. The van der Waals surface area contributed by atoms with Crippen molar-refractivity contribution in [2.24, 2.45) is 0 Å². The topological polar surface area (TPSA) is 30.7 Å². The van der Waals surface area contributed by atoms with E-state index in [1.807, 2.05) is 6.33 Å². The van der Waals surface area contributed by atoms with E-state index < -0.39 is 0 Å². The molecule has 1 aliphatic carbocycles. The van der Waals surface area contributed by atoms with Gasteiger partial charge in [0.15, 0.2) is 0 Å². The fraction of sp³-hybridized carbons (Fsp3) is 0.800. The fourth-order valence-electron chi connectivity index (χ4n) is 2.33. The minimum absolute atomic E-state index is 0.298. The Morgan fingerprint density at radius 3 is 2.77 bits per heavy atom. The Balaban J connectivity index is 2.32. The van der Waals surface area contributed by atoms with Crippen LogP contribution in [-0.4, -0.2) is 14.8 Å². The summed E-state index contributed by atoms with van der Waals surface area (Å²) in [6, 6.07) is 0. The molecule has 3 heteroatoms. The molecule has 1 heterocycles. The molecule has 1 saturated carbocycles. The van der Waals surface area contributed by atoms with Gasteiger partial charge in [0.1, 0.15) is 12.2 Å². The molecule has 2 rings (SSSR count).